The van der Waals surface area contributed by atoms with Crippen molar-refractivity contribution < 1.29 is 14.6 Å². The molecule has 0 aliphatic carbocycles. The standard InChI is InChI=1S/C15H18O3/c1-5-11(3)15(17)18-9-12(4)13-7-6-10(2)8-14(13)16/h5-8,16H,4,9H2,1-3H3. The van der Waals surface area contributed by atoms with Gasteiger partial charge in [0.15, 0.2) is 0 Å². The number of esters is 1. The van der Waals surface area contributed by atoms with Crippen molar-refractivity contribution in [2.24, 2.45) is 0 Å². The zero-order valence-corrected chi connectivity index (χ0v) is 11.0. The van der Waals surface area contributed by atoms with Gasteiger partial charge in [0.1, 0.15) is 12.4 Å². The average Bonchev–Trinajstić information content (AvgIpc) is 2.34. The molecule has 18 heavy (non-hydrogen) atoms. The fourth-order valence-corrected chi connectivity index (χ4v) is 1.40. The number of carbonyl (C=O) groups is 1. The number of carbonyl (C=O) groups excluding carboxylic acids is 1. The zero-order chi connectivity index (χ0) is 13.7. The predicted octanol–water partition coefficient (Wildman–Crippen LogP) is 3.22. The third kappa shape index (κ3) is 3.48. The Hall–Kier alpha value is -2.03. The van der Waals surface area contributed by atoms with Crippen molar-refractivity contribution in [1.29, 1.82) is 0 Å². The fourth-order valence-electron chi connectivity index (χ4n) is 1.40. The van der Waals surface area contributed by atoms with Crippen LogP contribution in [0.1, 0.15) is 25.0 Å². The highest BCUT2D eigenvalue weighted by molar-refractivity contribution is 5.88. The molecule has 0 spiro atoms. The minimum Gasteiger partial charge on any atom is -0.507 e. The Bertz CT molecular complexity index is 498. The smallest absolute Gasteiger partial charge is 0.333 e. The van der Waals surface area contributed by atoms with E-state index in [4.69, 9.17) is 4.74 Å². The molecule has 1 rings (SSSR count). The predicted molar refractivity (Wildman–Crippen MR) is 72.3 cm³/mol. The van der Waals surface area contributed by atoms with E-state index in [1.54, 1.807) is 32.1 Å². The van der Waals surface area contributed by atoms with Crippen LogP contribution in [0.25, 0.3) is 5.57 Å². The maximum absolute atomic E-state index is 11.5. The van der Waals surface area contributed by atoms with Crippen LogP contribution in [0.5, 0.6) is 5.75 Å². The minimum atomic E-state index is -0.370. The second-order valence-corrected chi connectivity index (χ2v) is 4.17. The molecule has 0 saturated carbocycles. The summed E-state index contributed by atoms with van der Waals surface area (Å²) < 4.78 is 5.08. The maximum Gasteiger partial charge on any atom is 0.333 e. The number of allylic oxidation sites excluding steroid dienone is 1. The van der Waals surface area contributed by atoms with Crippen LogP contribution in [-0.2, 0) is 9.53 Å². The molecule has 0 aliphatic rings. The minimum absolute atomic E-state index is 0.0701. The van der Waals surface area contributed by atoms with E-state index in [-0.39, 0.29) is 18.3 Å². The molecule has 1 N–H and O–H groups in total. The molecule has 0 saturated heterocycles. The summed E-state index contributed by atoms with van der Waals surface area (Å²) in [6, 6.07) is 5.29. The second-order valence-electron chi connectivity index (χ2n) is 4.17. The first-order valence-electron chi connectivity index (χ1n) is 5.73. The summed E-state index contributed by atoms with van der Waals surface area (Å²) in [5.41, 5.74) is 2.69. The lowest BCUT2D eigenvalue weighted by molar-refractivity contribution is -0.137. The quantitative estimate of drug-likeness (QED) is 0.655. The van der Waals surface area contributed by atoms with E-state index in [1.165, 1.54) is 0 Å². The Morgan fingerprint density at radius 1 is 1.50 bits per heavy atom. The van der Waals surface area contributed by atoms with Crippen molar-refractivity contribution in [2.75, 3.05) is 6.61 Å². The molecule has 0 fully saturated rings. The summed E-state index contributed by atoms with van der Waals surface area (Å²) in [5, 5.41) is 9.77. The lowest BCUT2D eigenvalue weighted by atomic mass is 10.1. The number of hydrogen-bond acceptors (Lipinski definition) is 3. The number of ether oxygens (including phenoxy) is 1. The number of rotatable bonds is 4. The highest BCUT2D eigenvalue weighted by Gasteiger charge is 2.09. The SMILES string of the molecule is C=C(COC(=O)C(C)=CC)c1ccc(C)cc1O. The van der Waals surface area contributed by atoms with Gasteiger partial charge < -0.3 is 9.84 Å². The van der Waals surface area contributed by atoms with E-state index in [2.05, 4.69) is 6.58 Å². The molecule has 0 unspecified atom stereocenters. The Morgan fingerprint density at radius 3 is 2.72 bits per heavy atom. The first kappa shape index (κ1) is 14.0. The number of aryl methyl sites for hydroxylation is 1. The lowest BCUT2D eigenvalue weighted by Crippen LogP contribution is -2.07. The normalized spacial score (nSPS) is 11.2. The van der Waals surface area contributed by atoms with Crippen LogP contribution < -0.4 is 0 Å². The van der Waals surface area contributed by atoms with Gasteiger partial charge in [0.25, 0.3) is 0 Å². The van der Waals surface area contributed by atoms with Crippen molar-refractivity contribution in [3.63, 3.8) is 0 Å². The molecule has 96 valence electrons. The Labute approximate surface area is 107 Å². The van der Waals surface area contributed by atoms with E-state index in [1.807, 2.05) is 13.0 Å². The van der Waals surface area contributed by atoms with Gasteiger partial charge in [0, 0.05) is 11.1 Å². The van der Waals surface area contributed by atoms with Gasteiger partial charge in [0.2, 0.25) is 0 Å². The van der Waals surface area contributed by atoms with Crippen molar-refractivity contribution in [3.05, 3.63) is 47.6 Å². The van der Waals surface area contributed by atoms with Crippen molar-refractivity contribution in [3.8, 4) is 5.75 Å². The number of phenolic OH excluding ortho intramolecular Hbond substituents is 1. The van der Waals surface area contributed by atoms with Gasteiger partial charge in [-0.1, -0.05) is 24.8 Å². The highest BCUT2D eigenvalue weighted by Crippen LogP contribution is 2.25. The van der Waals surface area contributed by atoms with E-state index in [0.29, 0.717) is 16.7 Å². The van der Waals surface area contributed by atoms with Gasteiger partial charge in [-0.25, -0.2) is 4.79 Å². The Kier molecular flexibility index (Phi) is 4.72. The summed E-state index contributed by atoms with van der Waals surface area (Å²) in [5.74, 6) is -0.218. The van der Waals surface area contributed by atoms with Crippen molar-refractivity contribution in [2.45, 2.75) is 20.8 Å². The zero-order valence-electron chi connectivity index (χ0n) is 11.0. The number of hydrogen-bond donors (Lipinski definition) is 1. The summed E-state index contributed by atoms with van der Waals surface area (Å²) >= 11 is 0. The van der Waals surface area contributed by atoms with Crippen LogP contribution in [0.4, 0.5) is 0 Å². The van der Waals surface area contributed by atoms with Gasteiger partial charge in [-0.05, 0) is 38.0 Å². The van der Waals surface area contributed by atoms with Crippen molar-refractivity contribution >= 4 is 11.5 Å². The molecule has 0 bridgehead atoms. The molecule has 1 aromatic rings. The molecule has 3 nitrogen and oxygen atoms in total. The number of phenols is 1. The lowest BCUT2D eigenvalue weighted by Gasteiger charge is -2.10. The third-order valence-corrected chi connectivity index (χ3v) is 2.67. The van der Waals surface area contributed by atoms with Crippen molar-refractivity contribution in [1.82, 2.24) is 0 Å². The molecule has 0 aliphatic heterocycles. The first-order valence-corrected chi connectivity index (χ1v) is 5.73. The van der Waals surface area contributed by atoms with Gasteiger partial charge in [0.05, 0.1) is 0 Å². The fraction of sp³-hybridized carbons (Fsp3) is 0.267. The molecule has 1 aromatic carbocycles. The van der Waals surface area contributed by atoms with Crippen LogP contribution in [0.15, 0.2) is 36.4 Å². The third-order valence-electron chi connectivity index (χ3n) is 2.67. The van der Waals surface area contributed by atoms with Gasteiger partial charge >= 0.3 is 5.97 Å². The monoisotopic (exact) mass is 246 g/mol. The molecule has 0 amide bonds. The Balaban J connectivity index is 2.69. The van der Waals surface area contributed by atoms with Crippen LogP contribution in [-0.4, -0.2) is 17.7 Å². The molecule has 0 radical (unpaired) electrons. The van der Waals surface area contributed by atoms with E-state index < -0.39 is 0 Å². The molecule has 0 aromatic heterocycles. The largest absolute Gasteiger partial charge is 0.507 e. The molecule has 0 atom stereocenters. The van der Waals surface area contributed by atoms with Gasteiger partial charge in [-0.3, -0.25) is 0 Å². The first-order chi connectivity index (χ1) is 8.45. The van der Waals surface area contributed by atoms with Crippen LogP contribution in [0.2, 0.25) is 0 Å². The van der Waals surface area contributed by atoms with Crippen LogP contribution in [0, 0.1) is 6.92 Å². The average molecular weight is 246 g/mol. The van der Waals surface area contributed by atoms with Gasteiger partial charge in [-0.15, -0.1) is 0 Å². The maximum atomic E-state index is 11.5. The highest BCUT2D eigenvalue weighted by atomic mass is 16.5. The summed E-state index contributed by atoms with van der Waals surface area (Å²) in [6.45, 7) is 9.24. The van der Waals surface area contributed by atoms with Crippen LogP contribution in [0.3, 0.4) is 0 Å². The summed E-state index contributed by atoms with van der Waals surface area (Å²) in [4.78, 5) is 11.5. The summed E-state index contributed by atoms with van der Waals surface area (Å²) in [7, 11) is 0. The number of benzene rings is 1. The Morgan fingerprint density at radius 2 is 2.17 bits per heavy atom. The molecule has 0 heterocycles. The van der Waals surface area contributed by atoms with E-state index >= 15 is 0 Å². The van der Waals surface area contributed by atoms with E-state index in [9.17, 15) is 9.90 Å². The summed E-state index contributed by atoms with van der Waals surface area (Å²) in [6.07, 6.45) is 1.69. The van der Waals surface area contributed by atoms with E-state index in [0.717, 1.165) is 5.56 Å². The molecule has 3 heteroatoms. The molecular weight excluding hydrogens is 228 g/mol. The number of aromatic hydroxyl groups is 1. The van der Waals surface area contributed by atoms with Crippen LogP contribution >= 0.6 is 0 Å². The second kappa shape index (κ2) is 6.05. The molecular formula is C15H18O3. The van der Waals surface area contributed by atoms with Gasteiger partial charge in [-0.2, -0.15) is 0 Å². The topological polar surface area (TPSA) is 46.5 Å².